The molecule has 2 amide bonds. The first-order valence-corrected chi connectivity index (χ1v) is 14.8. The molecule has 1 N–H and O–H groups in total. The minimum absolute atomic E-state index is 0.00705. The number of ether oxygens (including phenoxy) is 1. The summed E-state index contributed by atoms with van der Waals surface area (Å²) in [6.45, 7) is 0.801. The van der Waals surface area contributed by atoms with E-state index in [1.54, 1.807) is 31.2 Å². The minimum atomic E-state index is -4.11. The van der Waals surface area contributed by atoms with Crippen molar-refractivity contribution in [1.29, 1.82) is 0 Å². The van der Waals surface area contributed by atoms with Crippen LogP contribution in [-0.4, -0.2) is 62.0 Å². The number of methoxy groups -OCH3 is 1. The van der Waals surface area contributed by atoms with E-state index < -0.39 is 33.4 Å². The molecule has 0 radical (unpaired) electrons. The topological polar surface area (TPSA) is 139 Å². The predicted molar refractivity (Wildman–Crippen MR) is 148 cm³/mol. The van der Waals surface area contributed by atoms with Gasteiger partial charge >= 0.3 is 0 Å². The van der Waals surface area contributed by atoms with Crippen molar-refractivity contribution in [3.05, 3.63) is 63.2 Å². The summed E-state index contributed by atoms with van der Waals surface area (Å²) in [6, 6.07) is 9.37. The maximum atomic E-state index is 13.8. The Bertz CT molecular complexity index is 1320. The Labute approximate surface area is 233 Å². The lowest BCUT2D eigenvalue weighted by Gasteiger charge is -2.33. The summed E-state index contributed by atoms with van der Waals surface area (Å²) in [4.78, 5) is 39.0. The number of carbonyl (C=O) groups is 2. The number of benzene rings is 2. The van der Waals surface area contributed by atoms with Gasteiger partial charge in [0.1, 0.15) is 24.0 Å². The molecular weight excluding hydrogens is 548 g/mol. The molecule has 13 heteroatoms. The fourth-order valence-corrected chi connectivity index (χ4v) is 5.58. The van der Waals surface area contributed by atoms with Crippen LogP contribution in [0.4, 0.5) is 11.4 Å². The smallest absolute Gasteiger partial charge is 0.271 e. The highest BCUT2D eigenvalue weighted by molar-refractivity contribution is 7.92. The van der Waals surface area contributed by atoms with Gasteiger partial charge in [-0.15, -0.1) is 0 Å². The number of sulfonamides is 1. The van der Waals surface area contributed by atoms with Crippen LogP contribution in [0.15, 0.2) is 42.5 Å². The molecule has 1 atom stereocenters. The van der Waals surface area contributed by atoms with Crippen molar-refractivity contribution in [3.8, 4) is 5.75 Å². The molecule has 1 fully saturated rings. The third-order valence-corrected chi connectivity index (χ3v) is 8.23. The van der Waals surface area contributed by atoms with Crippen molar-refractivity contribution in [3.63, 3.8) is 0 Å². The lowest BCUT2D eigenvalue weighted by atomic mass is 9.95. The van der Waals surface area contributed by atoms with Crippen LogP contribution in [0.3, 0.4) is 0 Å². The molecule has 39 heavy (non-hydrogen) atoms. The van der Waals surface area contributed by atoms with E-state index >= 15 is 0 Å². The second kappa shape index (κ2) is 13.1. The summed E-state index contributed by atoms with van der Waals surface area (Å²) in [5.74, 6) is -1.03. The molecule has 0 aliphatic heterocycles. The van der Waals surface area contributed by atoms with Crippen LogP contribution in [0.2, 0.25) is 5.02 Å². The van der Waals surface area contributed by atoms with Crippen molar-refractivity contribution < 1.29 is 27.7 Å². The summed E-state index contributed by atoms with van der Waals surface area (Å²) in [7, 11) is -2.83. The Hall–Kier alpha value is -3.38. The number of anilines is 1. The van der Waals surface area contributed by atoms with Crippen molar-refractivity contribution >= 4 is 44.8 Å². The average Bonchev–Trinajstić information content (AvgIpc) is 2.90. The molecule has 0 unspecified atom stereocenters. The van der Waals surface area contributed by atoms with Crippen LogP contribution in [0.5, 0.6) is 5.75 Å². The van der Waals surface area contributed by atoms with Crippen molar-refractivity contribution in [2.75, 3.05) is 24.2 Å². The molecule has 0 heterocycles. The molecule has 1 aliphatic rings. The number of carbonyl (C=O) groups excluding carboxylic acids is 2. The lowest BCUT2D eigenvalue weighted by Crippen LogP contribution is -2.53. The molecule has 0 saturated heterocycles. The molecule has 0 spiro atoms. The van der Waals surface area contributed by atoms with Crippen LogP contribution < -0.4 is 14.4 Å². The number of nitro groups is 1. The number of nitrogens with zero attached hydrogens (tertiary/aromatic N) is 3. The fourth-order valence-electron chi connectivity index (χ4n) is 4.54. The summed E-state index contributed by atoms with van der Waals surface area (Å²) in [5.41, 5.74) is 0.0308. The molecule has 1 saturated carbocycles. The molecule has 2 aromatic rings. The minimum Gasteiger partial charge on any atom is -0.495 e. The zero-order chi connectivity index (χ0) is 28.7. The number of nitrogens with one attached hydrogen (secondary N) is 1. The second-order valence-corrected chi connectivity index (χ2v) is 11.8. The van der Waals surface area contributed by atoms with E-state index in [1.165, 1.54) is 24.1 Å². The Kier molecular flexibility index (Phi) is 10.1. The van der Waals surface area contributed by atoms with Gasteiger partial charge in [-0.05, 0) is 37.5 Å². The summed E-state index contributed by atoms with van der Waals surface area (Å²) >= 11 is 6.35. The number of hydrogen-bond acceptors (Lipinski definition) is 7. The second-order valence-electron chi connectivity index (χ2n) is 9.52. The quantitative estimate of drug-likeness (QED) is 0.314. The summed E-state index contributed by atoms with van der Waals surface area (Å²) in [6.07, 6.45) is 5.72. The number of hydrogen-bond donors (Lipinski definition) is 1. The molecule has 0 bridgehead atoms. The molecule has 212 valence electrons. The highest BCUT2D eigenvalue weighted by atomic mass is 35.5. The van der Waals surface area contributed by atoms with Crippen LogP contribution in [-0.2, 0) is 26.2 Å². The van der Waals surface area contributed by atoms with Gasteiger partial charge in [0.05, 0.1) is 18.3 Å². The van der Waals surface area contributed by atoms with Gasteiger partial charge in [0.15, 0.2) is 0 Å². The van der Waals surface area contributed by atoms with Crippen molar-refractivity contribution in [1.82, 2.24) is 10.2 Å². The molecule has 11 nitrogen and oxygen atoms in total. The first-order valence-electron chi connectivity index (χ1n) is 12.6. The van der Waals surface area contributed by atoms with E-state index in [2.05, 4.69) is 5.32 Å². The van der Waals surface area contributed by atoms with Gasteiger partial charge in [0, 0.05) is 29.7 Å². The normalized spacial score (nSPS) is 14.8. The highest BCUT2D eigenvalue weighted by Gasteiger charge is 2.33. The summed E-state index contributed by atoms with van der Waals surface area (Å²) in [5, 5.41) is 14.8. The van der Waals surface area contributed by atoms with Gasteiger partial charge in [-0.2, -0.15) is 0 Å². The standard InChI is InChI=1S/C26H33ClN4O7S/c1-18(26(33)28-20-10-5-4-6-11-20)29(16-19-9-7-8-12-22(19)27)25(32)17-30(39(3,36)37)23-15-21(31(34)35)13-14-24(23)38-2/h7-9,12-15,18,20H,4-6,10-11,16-17H2,1-3H3,(H,28,33)/t18-/m1/s1. The highest BCUT2D eigenvalue weighted by Crippen LogP contribution is 2.34. The Morgan fingerprint density at radius 2 is 1.85 bits per heavy atom. The Morgan fingerprint density at radius 3 is 2.44 bits per heavy atom. The number of halogens is 1. The number of amides is 2. The fraction of sp³-hybridized carbons (Fsp3) is 0.462. The van der Waals surface area contributed by atoms with Crippen LogP contribution in [0.1, 0.15) is 44.6 Å². The van der Waals surface area contributed by atoms with Gasteiger partial charge in [-0.3, -0.25) is 24.0 Å². The monoisotopic (exact) mass is 580 g/mol. The molecule has 1 aliphatic carbocycles. The van der Waals surface area contributed by atoms with Gasteiger partial charge in [0.2, 0.25) is 21.8 Å². The van der Waals surface area contributed by atoms with Crippen molar-refractivity contribution in [2.45, 2.75) is 57.7 Å². The zero-order valence-corrected chi connectivity index (χ0v) is 23.7. The molecule has 2 aromatic carbocycles. The molecular formula is C26H33ClN4O7S. The van der Waals surface area contributed by atoms with E-state index in [-0.39, 0.29) is 35.6 Å². The van der Waals surface area contributed by atoms with E-state index in [0.717, 1.165) is 48.7 Å². The van der Waals surface area contributed by atoms with Crippen LogP contribution in [0.25, 0.3) is 0 Å². The van der Waals surface area contributed by atoms with Crippen LogP contribution >= 0.6 is 11.6 Å². The van der Waals surface area contributed by atoms with Crippen LogP contribution in [0, 0.1) is 10.1 Å². The van der Waals surface area contributed by atoms with E-state index in [9.17, 15) is 28.1 Å². The summed E-state index contributed by atoms with van der Waals surface area (Å²) < 4.78 is 31.7. The number of rotatable bonds is 11. The molecule has 3 rings (SSSR count). The Balaban J connectivity index is 1.97. The predicted octanol–water partition coefficient (Wildman–Crippen LogP) is 3.89. The Morgan fingerprint density at radius 1 is 1.18 bits per heavy atom. The average molecular weight is 581 g/mol. The zero-order valence-electron chi connectivity index (χ0n) is 22.1. The largest absolute Gasteiger partial charge is 0.495 e. The van der Waals surface area contributed by atoms with Gasteiger partial charge in [-0.25, -0.2) is 8.42 Å². The third-order valence-electron chi connectivity index (χ3n) is 6.74. The number of non-ortho nitro benzene ring substituents is 1. The van der Waals surface area contributed by atoms with Gasteiger partial charge < -0.3 is 15.0 Å². The number of nitro benzene ring substituents is 1. The van der Waals surface area contributed by atoms with Gasteiger partial charge in [0.25, 0.3) is 5.69 Å². The van der Waals surface area contributed by atoms with Gasteiger partial charge in [-0.1, -0.05) is 49.1 Å². The first kappa shape index (κ1) is 30.2. The van der Waals surface area contributed by atoms with E-state index in [1.807, 2.05) is 0 Å². The maximum Gasteiger partial charge on any atom is 0.271 e. The SMILES string of the molecule is COc1ccc([N+](=O)[O-])cc1N(CC(=O)N(Cc1ccccc1Cl)[C@H](C)C(=O)NC1CCCCC1)S(C)(=O)=O. The van der Waals surface area contributed by atoms with E-state index in [0.29, 0.717) is 10.6 Å². The van der Waals surface area contributed by atoms with E-state index in [4.69, 9.17) is 16.3 Å². The third kappa shape index (κ3) is 7.82. The first-order chi connectivity index (χ1) is 18.4. The maximum absolute atomic E-state index is 13.8. The lowest BCUT2D eigenvalue weighted by molar-refractivity contribution is -0.384. The molecule has 0 aromatic heterocycles. The van der Waals surface area contributed by atoms with Crippen molar-refractivity contribution in [2.24, 2.45) is 0 Å².